The van der Waals surface area contributed by atoms with Gasteiger partial charge in [0.1, 0.15) is 5.75 Å². The highest BCUT2D eigenvalue weighted by Gasteiger charge is 2.33. The first-order valence-electron chi connectivity index (χ1n) is 10.2. The Bertz CT molecular complexity index is 883. The van der Waals surface area contributed by atoms with Gasteiger partial charge in [-0.05, 0) is 56.0 Å². The number of fused-ring (bicyclic) bond motifs is 1. The van der Waals surface area contributed by atoms with Crippen LogP contribution >= 0.6 is 0 Å². The van der Waals surface area contributed by atoms with Gasteiger partial charge in [-0.2, -0.15) is 0 Å². The van der Waals surface area contributed by atoms with E-state index in [1.165, 1.54) is 12.8 Å². The molecule has 5 nitrogen and oxygen atoms in total. The number of piperidine rings is 1. The van der Waals surface area contributed by atoms with Crippen molar-refractivity contribution in [1.82, 2.24) is 10.2 Å². The number of rotatable bonds is 5. The molecule has 1 aliphatic heterocycles. The summed E-state index contributed by atoms with van der Waals surface area (Å²) >= 11 is 0. The number of carbonyl (C=O) groups is 2. The molecule has 0 unspecified atom stereocenters. The quantitative estimate of drug-likeness (QED) is 0.862. The minimum atomic E-state index is 0.0119. The van der Waals surface area contributed by atoms with E-state index in [4.69, 9.17) is 4.74 Å². The number of methoxy groups -OCH3 is 1. The largest absolute Gasteiger partial charge is 0.496 e. The third-order valence-corrected chi connectivity index (χ3v) is 6.19. The molecule has 1 saturated heterocycles. The monoisotopic (exact) mass is 380 g/mol. The summed E-state index contributed by atoms with van der Waals surface area (Å²) in [5.74, 6) is 1.63. The number of likely N-dealkylation sites (tertiary alicyclic amines) is 1. The van der Waals surface area contributed by atoms with Crippen molar-refractivity contribution in [3.05, 3.63) is 42.0 Å². The Kier molecular flexibility index (Phi) is 5.25. The highest BCUT2D eigenvalue weighted by atomic mass is 16.5. The van der Waals surface area contributed by atoms with Crippen molar-refractivity contribution in [2.75, 3.05) is 20.2 Å². The maximum Gasteiger partial charge on any atom is 0.254 e. The van der Waals surface area contributed by atoms with Crippen LogP contribution in [0.15, 0.2) is 36.4 Å². The first kappa shape index (κ1) is 18.8. The molecule has 0 aromatic heterocycles. The lowest BCUT2D eigenvalue weighted by Gasteiger charge is -2.32. The van der Waals surface area contributed by atoms with E-state index in [2.05, 4.69) is 12.2 Å². The molecule has 5 heteroatoms. The van der Waals surface area contributed by atoms with Crippen LogP contribution in [0.2, 0.25) is 0 Å². The third-order valence-electron chi connectivity index (χ3n) is 6.19. The summed E-state index contributed by atoms with van der Waals surface area (Å²) in [5, 5.41) is 5.02. The van der Waals surface area contributed by atoms with Crippen molar-refractivity contribution < 1.29 is 14.3 Å². The van der Waals surface area contributed by atoms with Crippen LogP contribution in [-0.2, 0) is 4.79 Å². The Hall–Kier alpha value is -2.56. The standard InChI is InChI=1S/C23H28N2O3/c1-15(16-7-8-16)24-22(26)17-11-13-25(14-12-17)23(27)20-9-10-21(28-2)19-6-4-3-5-18(19)20/h3-6,9-10,15-17H,7-8,11-14H2,1-2H3,(H,24,26)/t15-/m0/s1. The molecule has 1 aliphatic carbocycles. The number of hydrogen-bond acceptors (Lipinski definition) is 3. The van der Waals surface area contributed by atoms with Gasteiger partial charge in [0.15, 0.2) is 0 Å². The van der Waals surface area contributed by atoms with Gasteiger partial charge in [-0.25, -0.2) is 0 Å². The van der Waals surface area contributed by atoms with Gasteiger partial charge in [-0.1, -0.05) is 24.3 Å². The molecule has 1 heterocycles. The molecule has 1 atom stereocenters. The van der Waals surface area contributed by atoms with Crippen LogP contribution in [0.25, 0.3) is 10.8 Å². The van der Waals surface area contributed by atoms with Gasteiger partial charge in [-0.15, -0.1) is 0 Å². The van der Waals surface area contributed by atoms with Gasteiger partial charge >= 0.3 is 0 Å². The molecule has 2 aromatic carbocycles. The van der Waals surface area contributed by atoms with E-state index in [9.17, 15) is 9.59 Å². The Balaban J connectivity index is 1.43. The zero-order valence-corrected chi connectivity index (χ0v) is 16.6. The summed E-state index contributed by atoms with van der Waals surface area (Å²) in [7, 11) is 1.64. The minimum Gasteiger partial charge on any atom is -0.496 e. The molecule has 2 aliphatic rings. The maximum absolute atomic E-state index is 13.1. The molecule has 148 valence electrons. The number of carbonyl (C=O) groups excluding carboxylic acids is 2. The second-order valence-corrected chi connectivity index (χ2v) is 8.06. The van der Waals surface area contributed by atoms with Crippen LogP contribution < -0.4 is 10.1 Å². The summed E-state index contributed by atoms with van der Waals surface area (Å²) < 4.78 is 5.43. The van der Waals surface area contributed by atoms with Crippen LogP contribution in [0.4, 0.5) is 0 Å². The topological polar surface area (TPSA) is 58.6 Å². The zero-order valence-electron chi connectivity index (χ0n) is 16.6. The first-order valence-corrected chi connectivity index (χ1v) is 10.2. The number of amides is 2. The fraction of sp³-hybridized carbons (Fsp3) is 0.478. The average Bonchev–Trinajstić information content (AvgIpc) is 3.58. The first-order chi connectivity index (χ1) is 13.6. The lowest BCUT2D eigenvalue weighted by molar-refractivity contribution is -0.127. The summed E-state index contributed by atoms with van der Waals surface area (Å²) in [6.45, 7) is 3.34. The lowest BCUT2D eigenvalue weighted by Crippen LogP contribution is -2.45. The molecule has 2 fully saturated rings. The van der Waals surface area contributed by atoms with E-state index in [0.717, 1.165) is 29.4 Å². The minimum absolute atomic E-state index is 0.0119. The molecular weight excluding hydrogens is 352 g/mol. The Labute approximate surface area is 166 Å². The summed E-state index contributed by atoms with van der Waals surface area (Å²) in [6.07, 6.45) is 3.90. The molecule has 0 radical (unpaired) electrons. The van der Waals surface area contributed by atoms with Crippen LogP contribution in [0.1, 0.15) is 43.0 Å². The molecule has 2 aromatic rings. The second kappa shape index (κ2) is 7.82. The Morgan fingerprint density at radius 1 is 1.04 bits per heavy atom. The van der Waals surface area contributed by atoms with Crippen molar-refractivity contribution >= 4 is 22.6 Å². The zero-order chi connectivity index (χ0) is 19.7. The van der Waals surface area contributed by atoms with Gasteiger partial charge in [0.25, 0.3) is 5.91 Å². The number of ether oxygens (including phenoxy) is 1. The molecule has 2 amide bonds. The molecule has 4 rings (SSSR count). The van der Waals surface area contributed by atoms with Crippen LogP contribution in [-0.4, -0.2) is 43.0 Å². The van der Waals surface area contributed by atoms with E-state index in [1.54, 1.807) is 7.11 Å². The van der Waals surface area contributed by atoms with E-state index in [1.807, 2.05) is 41.3 Å². The van der Waals surface area contributed by atoms with E-state index in [0.29, 0.717) is 24.6 Å². The van der Waals surface area contributed by atoms with Gasteiger partial charge < -0.3 is 15.0 Å². The highest BCUT2D eigenvalue weighted by molar-refractivity contribution is 6.08. The van der Waals surface area contributed by atoms with Gasteiger partial charge in [0, 0.05) is 36.0 Å². The van der Waals surface area contributed by atoms with Gasteiger partial charge in [-0.3, -0.25) is 9.59 Å². The fourth-order valence-electron chi connectivity index (χ4n) is 4.21. The predicted octanol–water partition coefficient (Wildman–Crippen LogP) is 3.62. The van der Waals surface area contributed by atoms with Crippen LogP contribution in [0, 0.1) is 11.8 Å². The van der Waals surface area contributed by atoms with Crippen LogP contribution in [0.5, 0.6) is 5.75 Å². The predicted molar refractivity (Wildman–Crippen MR) is 109 cm³/mol. The highest BCUT2D eigenvalue weighted by Crippen LogP contribution is 2.33. The number of nitrogens with one attached hydrogen (secondary N) is 1. The van der Waals surface area contributed by atoms with Crippen LogP contribution in [0.3, 0.4) is 0 Å². The summed E-state index contributed by atoms with van der Waals surface area (Å²) in [6, 6.07) is 11.8. The Morgan fingerprint density at radius 3 is 2.36 bits per heavy atom. The number of benzene rings is 2. The normalized spacial score (nSPS) is 18.7. The van der Waals surface area contributed by atoms with Gasteiger partial charge in [0.2, 0.25) is 5.91 Å². The van der Waals surface area contributed by atoms with Crippen molar-refractivity contribution in [3.63, 3.8) is 0 Å². The molecule has 0 spiro atoms. The number of hydrogen-bond donors (Lipinski definition) is 1. The van der Waals surface area contributed by atoms with Crippen molar-refractivity contribution in [1.29, 1.82) is 0 Å². The van der Waals surface area contributed by atoms with Gasteiger partial charge in [0.05, 0.1) is 7.11 Å². The lowest BCUT2D eigenvalue weighted by atomic mass is 9.94. The maximum atomic E-state index is 13.1. The SMILES string of the molecule is COc1ccc(C(=O)N2CCC(C(=O)N[C@@H](C)C3CC3)CC2)c2ccccc12. The number of nitrogens with zero attached hydrogens (tertiary/aromatic N) is 1. The summed E-state index contributed by atoms with van der Waals surface area (Å²) in [5.41, 5.74) is 0.696. The molecule has 1 N–H and O–H groups in total. The second-order valence-electron chi connectivity index (χ2n) is 8.06. The molecular formula is C23H28N2O3. The van der Waals surface area contributed by atoms with E-state index in [-0.39, 0.29) is 23.8 Å². The van der Waals surface area contributed by atoms with Crippen molar-refractivity contribution in [3.8, 4) is 5.75 Å². The molecule has 28 heavy (non-hydrogen) atoms. The smallest absolute Gasteiger partial charge is 0.254 e. The Morgan fingerprint density at radius 2 is 1.71 bits per heavy atom. The summed E-state index contributed by atoms with van der Waals surface area (Å²) in [4.78, 5) is 27.5. The fourth-order valence-corrected chi connectivity index (χ4v) is 4.21. The van der Waals surface area contributed by atoms with Crippen molar-refractivity contribution in [2.45, 2.75) is 38.6 Å². The van der Waals surface area contributed by atoms with Crippen molar-refractivity contribution in [2.24, 2.45) is 11.8 Å². The average molecular weight is 380 g/mol. The molecule has 0 bridgehead atoms. The third kappa shape index (κ3) is 3.71. The van der Waals surface area contributed by atoms with E-state index >= 15 is 0 Å². The molecule has 1 saturated carbocycles. The van der Waals surface area contributed by atoms with E-state index < -0.39 is 0 Å².